The Hall–Kier alpha value is -2.06. The SMILES string of the molecule is CNCc1cccnc1Oc1cc(F)c(Br)cc1[N+](=O)[O-]. The molecule has 0 unspecified atom stereocenters. The van der Waals surface area contributed by atoms with Crippen LogP contribution in [0.1, 0.15) is 5.56 Å². The van der Waals surface area contributed by atoms with Crippen molar-refractivity contribution in [2.24, 2.45) is 0 Å². The van der Waals surface area contributed by atoms with E-state index in [4.69, 9.17) is 4.74 Å². The van der Waals surface area contributed by atoms with E-state index in [2.05, 4.69) is 26.2 Å². The third-order valence-electron chi connectivity index (χ3n) is 2.62. The first-order chi connectivity index (χ1) is 10.0. The lowest BCUT2D eigenvalue weighted by Crippen LogP contribution is -2.07. The van der Waals surface area contributed by atoms with Gasteiger partial charge in [0.25, 0.3) is 0 Å². The number of hydrogen-bond donors (Lipinski definition) is 1. The molecule has 6 nitrogen and oxygen atoms in total. The highest BCUT2D eigenvalue weighted by Gasteiger charge is 2.20. The van der Waals surface area contributed by atoms with Crippen molar-refractivity contribution in [2.45, 2.75) is 6.54 Å². The van der Waals surface area contributed by atoms with E-state index in [0.29, 0.717) is 12.1 Å². The van der Waals surface area contributed by atoms with Crippen molar-refractivity contribution in [3.05, 3.63) is 56.4 Å². The number of nitro groups is 1. The second-order valence-electron chi connectivity index (χ2n) is 4.09. The minimum Gasteiger partial charge on any atom is -0.431 e. The number of pyridine rings is 1. The second kappa shape index (κ2) is 6.59. The molecule has 0 aliphatic carbocycles. The molecule has 0 radical (unpaired) electrons. The van der Waals surface area contributed by atoms with Crippen LogP contribution in [0.5, 0.6) is 11.6 Å². The number of halogens is 2. The summed E-state index contributed by atoms with van der Waals surface area (Å²) in [6.45, 7) is 0.468. The van der Waals surface area contributed by atoms with Crippen LogP contribution in [0, 0.1) is 15.9 Å². The third kappa shape index (κ3) is 3.53. The quantitative estimate of drug-likeness (QED) is 0.656. The predicted octanol–water partition coefficient (Wildman–Crippen LogP) is 3.40. The van der Waals surface area contributed by atoms with E-state index in [1.807, 2.05) is 0 Å². The molecule has 8 heteroatoms. The maximum atomic E-state index is 13.6. The third-order valence-corrected chi connectivity index (χ3v) is 3.23. The lowest BCUT2D eigenvalue weighted by Gasteiger charge is -2.10. The molecule has 2 rings (SSSR count). The zero-order chi connectivity index (χ0) is 15.4. The van der Waals surface area contributed by atoms with Gasteiger partial charge in [-0.1, -0.05) is 6.07 Å². The number of nitrogens with zero attached hydrogens (tertiary/aromatic N) is 2. The lowest BCUT2D eigenvalue weighted by atomic mass is 10.2. The average Bonchev–Trinajstić information content (AvgIpc) is 2.44. The zero-order valence-corrected chi connectivity index (χ0v) is 12.6. The van der Waals surface area contributed by atoms with Crippen molar-refractivity contribution in [1.29, 1.82) is 0 Å². The summed E-state index contributed by atoms with van der Waals surface area (Å²) >= 11 is 2.91. The summed E-state index contributed by atoms with van der Waals surface area (Å²) in [6.07, 6.45) is 1.50. The van der Waals surface area contributed by atoms with E-state index < -0.39 is 10.7 Å². The molecule has 21 heavy (non-hydrogen) atoms. The van der Waals surface area contributed by atoms with E-state index in [1.54, 1.807) is 19.2 Å². The Balaban J connectivity index is 2.44. The number of nitro benzene ring substituents is 1. The molecule has 0 aliphatic heterocycles. The molecule has 1 aromatic carbocycles. The minimum atomic E-state index is -0.651. The fourth-order valence-electron chi connectivity index (χ4n) is 1.69. The maximum absolute atomic E-state index is 13.6. The van der Waals surface area contributed by atoms with Crippen LogP contribution in [0.25, 0.3) is 0 Å². The van der Waals surface area contributed by atoms with Gasteiger partial charge in [-0.15, -0.1) is 0 Å². The molecular formula is C13H11BrFN3O3. The molecule has 110 valence electrons. The van der Waals surface area contributed by atoms with Crippen molar-refractivity contribution in [3.8, 4) is 11.6 Å². The Labute approximate surface area is 128 Å². The van der Waals surface area contributed by atoms with Gasteiger partial charge in [-0.25, -0.2) is 9.37 Å². The average molecular weight is 356 g/mol. The summed E-state index contributed by atoms with van der Waals surface area (Å²) < 4.78 is 19.0. The van der Waals surface area contributed by atoms with Crippen LogP contribution < -0.4 is 10.1 Å². The first-order valence-electron chi connectivity index (χ1n) is 5.92. The maximum Gasteiger partial charge on any atom is 0.312 e. The Morgan fingerprint density at radius 2 is 2.29 bits per heavy atom. The van der Waals surface area contributed by atoms with Gasteiger partial charge in [-0.3, -0.25) is 10.1 Å². The molecule has 1 N–H and O–H groups in total. The Bertz CT molecular complexity index is 682. The second-order valence-corrected chi connectivity index (χ2v) is 4.95. The Morgan fingerprint density at radius 3 is 2.95 bits per heavy atom. The predicted molar refractivity (Wildman–Crippen MR) is 77.8 cm³/mol. The summed E-state index contributed by atoms with van der Waals surface area (Å²) in [5.74, 6) is -0.657. The van der Waals surface area contributed by atoms with Crippen molar-refractivity contribution >= 4 is 21.6 Å². The van der Waals surface area contributed by atoms with Crippen molar-refractivity contribution in [1.82, 2.24) is 10.3 Å². The minimum absolute atomic E-state index is 0.00183. The number of hydrogen-bond acceptors (Lipinski definition) is 5. The molecular weight excluding hydrogens is 345 g/mol. The normalized spacial score (nSPS) is 10.4. The van der Waals surface area contributed by atoms with Crippen LogP contribution in [-0.4, -0.2) is 17.0 Å². The van der Waals surface area contributed by atoms with Gasteiger partial charge in [0.2, 0.25) is 11.6 Å². The van der Waals surface area contributed by atoms with Gasteiger partial charge >= 0.3 is 5.69 Å². The van der Waals surface area contributed by atoms with Crippen molar-refractivity contribution in [2.75, 3.05) is 7.05 Å². The number of rotatable bonds is 5. The van der Waals surface area contributed by atoms with E-state index in [0.717, 1.165) is 12.1 Å². The molecule has 0 bridgehead atoms. The number of ether oxygens (including phenoxy) is 1. The van der Waals surface area contributed by atoms with Crippen molar-refractivity contribution < 1.29 is 14.1 Å². The van der Waals surface area contributed by atoms with Gasteiger partial charge in [0.05, 0.1) is 9.40 Å². The van der Waals surface area contributed by atoms with E-state index in [1.165, 1.54) is 6.20 Å². The molecule has 1 heterocycles. The molecule has 0 amide bonds. The smallest absolute Gasteiger partial charge is 0.312 e. The highest BCUT2D eigenvalue weighted by molar-refractivity contribution is 9.10. The standard InChI is InChI=1S/C13H11BrFN3O3/c1-16-7-8-3-2-4-17-13(8)21-12-6-10(15)9(14)5-11(12)18(19)20/h2-6,16H,7H2,1H3. The molecule has 0 spiro atoms. The summed E-state index contributed by atoms with van der Waals surface area (Å²) in [5.41, 5.74) is 0.363. The summed E-state index contributed by atoms with van der Waals surface area (Å²) in [5, 5.41) is 14.0. The highest BCUT2D eigenvalue weighted by atomic mass is 79.9. The first-order valence-corrected chi connectivity index (χ1v) is 6.72. The fourth-order valence-corrected chi connectivity index (χ4v) is 2.02. The highest BCUT2D eigenvalue weighted by Crippen LogP contribution is 2.35. The molecule has 0 saturated heterocycles. The number of aromatic nitrogens is 1. The summed E-state index contributed by atoms with van der Waals surface area (Å²) in [7, 11) is 1.75. The Morgan fingerprint density at radius 1 is 1.52 bits per heavy atom. The molecule has 0 fully saturated rings. The van der Waals surface area contributed by atoms with Crippen molar-refractivity contribution in [3.63, 3.8) is 0 Å². The van der Waals surface area contributed by atoms with Gasteiger partial charge in [0, 0.05) is 30.4 Å². The number of nitrogens with one attached hydrogen (secondary N) is 1. The molecule has 1 aromatic heterocycles. The van der Waals surface area contributed by atoms with Gasteiger partial charge in [-0.05, 0) is 29.0 Å². The molecule has 0 atom stereocenters. The molecule has 2 aromatic rings. The molecule has 0 aliphatic rings. The van der Waals surface area contributed by atoms with E-state index >= 15 is 0 Å². The van der Waals surface area contributed by atoms with Gasteiger partial charge in [-0.2, -0.15) is 0 Å². The summed E-state index contributed by atoms with van der Waals surface area (Å²) in [6, 6.07) is 5.50. The number of benzene rings is 1. The fraction of sp³-hybridized carbons (Fsp3) is 0.154. The molecule has 0 saturated carbocycles. The zero-order valence-electron chi connectivity index (χ0n) is 11.0. The van der Waals surface area contributed by atoms with Crippen LogP contribution in [0.4, 0.5) is 10.1 Å². The van der Waals surface area contributed by atoms with Crippen LogP contribution in [0.3, 0.4) is 0 Å². The first kappa shape index (κ1) is 15.3. The van der Waals surface area contributed by atoms with Gasteiger partial charge in [0.1, 0.15) is 5.82 Å². The van der Waals surface area contributed by atoms with Crippen LogP contribution in [-0.2, 0) is 6.54 Å². The van der Waals surface area contributed by atoms with E-state index in [9.17, 15) is 14.5 Å². The summed E-state index contributed by atoms with van der Waals surface area (Å²) in [4.78, 5) is 14.4. The van der Waals surface area contributed by atoms with E-state index in [-0.39, 0.29) is 21.8 Å². The monoisotopic (exact) mass is 355 g/mol. The van der Waals surface area contributed by atoms with Crippen LogP contribution in [0.2, 0.25) is 0 Å². The lowest BCUT2D eigenvalue weighted by molar-refractivity contribution is -0.385. The Kier molecular flexibility index (Phi) is 4.81. The van der Waals surface area contributed by atoms with Crippen LogP contribution >= 0.6 is 15.9 Å². The van der Waals surface area contributed by atoms with Gasteiger partial charge in [0.15, 0.2) is 0 Å². The van der Waals surface area contributed by atoms with Gasteiger partial charge < -0.3 is 10.1 Å². The largest absolute Gasteiger partial charge is 0.431 e. The topological polar surface area (TPSA) is 77.3 Å². The van der Waals surface area contributed by atoms with Crippen LogP contribution in [0.15, 0.2) is 34.9 Å².